The third kappa shape index (κ3) is 22.5. The quantitative estimate of drug-likeness (QED) is 0.0299. The third-order valence-corrected chi connectivity index (χ3v) is 10.6. The summed E-state index contributed by atoms with van der Waals surface area (Å²) in [5, 5.41) is 42.7. The number of aliphatic hydroxyl groups is 3. The van der Waals surface area contributed by atoms with Crippen molar-refractivity contribution in [1.29, 1.82) is 0 Å². The first-order valence-corrected chi connectivity index (χ1v) is 22.5. The Balaban J connectivity index is 0.000000937. The number of hydrogen-bond acceptors (Lipinski definition) is 17. The Labute approximate surface area is 440 Å². The van der Waals surface area contributed by atoms with Crippen LogP contribution in [-0.4, -0.2) is 87.8 Å². The van der Waals surface area contributed by atoms with Crippen molar-refractivity contribution in [2.45, 2.75) is 45.2 Å². The molecule has 0 aliphatic heterocycles. The number of methoxy groups -OCH3 is 5. The molecule has 21 heteroatoms. The summed E-state index contributed by atoms with van der Waals surface area (Å²) in [6, 6.07) is 35.4. The zero-order valence-corrected chi connectivity index (χ0v) is 42.9. The number of aliphatic hydroxyl groups excluding tert-OH is 3. The van der Waals surface area contributed by atoms with E-state index in [-0.39, 0.29) is 84.3 Å². The molecular weight excluding hydrogens is 973 g/mol. The summed E-state index contributed by atoms with van der Waals surface area (Å²) in [6.07, 6.45) is 0. The van der Waals surface area contributed by atoms with Gasteiger partial charge in [0, 0.05) is 59.0 Å². The largest absolute Gasteiger partial charge is 1.00 e. The molecule has 378 valence electrons. The minimum Gasteiger partial charge on any atom is -0.870 e. The predicted molar refractivity (Wildman–Crippen MR) is 266 cm³/mol. The summed E-state index contributed by atoms with van der Waals surface area (Å²) in [5.74, 6) is 0.105. The van der Waals surface area contributed by atoms with Gasteiger partial charge in [-0.1, -0.05) is 37.8 Å². The molecular formula is C50H59ClN3NaO15S. The molecule has 0 saturated heterocycles. The number of nitrogens with one attached hydrogen (secondary N) is 2. The zero-order valence-electron chi connectivity index (χ0n) is 39.3. The van der Waals surface area contributed by atoms with Gasteiger partial charge in [-0.05, 0) is 107 Å². The minimum absolute atomic E-state index is 0. The van der Waals surface area contributed by atoms with Crippen LogP contribution in [0, 0.1) is 0 Å². The smallest absolute Gasteiger partial charge is 0.870 e. The van der Waals surface area contributed by atoms with Crippen LogP contribution >= 0.6 is 10.7 Å². The maximum atomic E-state index is 11.5. The first-order chi connectivity index (χ1) is 32.5. The van der Waals surface area contributed by atoms with Gasteiger partial charge in [0.25, 0.3) is 9.05 Å². The summed E-state index contributed by atoms with van der Waals surface area (Å²) in [5.41, 5.74) is 12.8. The fourth-order valence-corrected chi connectivity index (χ4v) is 6.68. The van der Waals surface area contributed by atoms with Crippen molar-refractivity contribution in [1.82, 2.24) is 0 Å². The third-order valence-electron chi connectivity index (χ3n) is 9.23. The maximum absolute atomic E-state index is 11.5. The van der Waals surface area contributed by atoms with E-state index in [4.69, 9.17) is 45.6 Å². The number of hydrogen-bond donors (Lipinski definition) is 7. The number of rotatable bonds is 16. The molecule has 0 aliphatic rings. The molecule has 0 aliphatic carbocycles. The SMILES string of the molecule is C.COC(=O)c1cccc(CNc2cc(CO)cc(OC)c2)c1.COC(=O)c1cccc(S(=O)(=O)Cl)c1.COc1cc(CO)cc(NCc2cccc(C(=O)O)c2)c1.COc1cc(N)cc(CO)c1.[Na+].[OH-]. The molecule has 0 saturated carbocycles. The first kappa shape index (κ1) is 64.6. The van der Waals surface area contributed by atoms with Crippen molar-refractivity contribution in [2.24, 2.45) is 0 Å². The van der Waals surface area contributed by atoms with E-state index in [2.05, 4.69) is 15.4 Å². The molecule has 0 bridgehead atoms. The van der Waals surface area contributed by atoms with Gasteiger partial charge in [-0.2, -0.15) is 0 Å². The van der Waals surface area contributed by atoms with Crippen molar-refractivity contribution < 1.29 is 102 Å². The number of nitrogen functional groups attached to an aromatic ring is 1. The van der Waals surface area contributed by atoms with Crippen molar-refractivity contribution in [3.05, 3.63) is 172 Å². The van der Waals surface area contributed by atoms with Crippen molar-refractivity contribution >= 4 is 54.7 Å². The van der Waals surface area contributed by atoms with E-state index in [9.17, 15) is 33.0 Å². The Morgan fingerprint density at radius 2 is 0.930 bits per heavy atom. The van der Waals surface area contributed by atoms with Gasteiger partial charge in [0.1, 0.15) is 17.2 Å². The number of aromatic carboxylic acids is 1. The van der Waals surface area contributed by atoms with Crippen LogP contribution in [0.4, 0.5) is 17.1 Å². The number of carbonyl (C=O) groups excluding carboxylic acids is 2. The molecule has 0 aromatic heterocycles. The molecule has 0 radical (unpaired) electrons. The van der Waals surface area contributed by atoms with E-state index in [1.165, 1.54) is 32.4 Å². The molecule has 6 aromatic rings. The molecule has 0 spiro atoms. The van der Waals surface area contributed by atoms with Crippen LogP contribution in [0.5, 0.6) is 17.2 Å². The number of anilines is 3. The molecule has 6 rings (SSSR count). The summed E-state index contributed by atoms with van der Waals surface area (Å²) >= 11 is 0. The second kappa shape index (κ2) is 33.2. The van der Waals surface area contributed by atoms with Gasteiger partial charge in [0.15, 0.2) is 0 Å². The number of carboxylic acid groups (broad SMARTS) is 1. The summed E-state index contributed by atoms with van der Waals surface area (Å²) in [7, 11) is 8.58. The van der Waals surface area contributed by atoms with Crippen LogP contribution in [0.3, 0.4) is 0 Å². The fourth-order valence-electron chi connectivity index (χ4n) is 5.88. The van der Waals surface area contributed by atoms with Crippen molar-refractivity contribution in [2.75, 3.05) is 51.9 Å². The Kier molecular flexibility index (Phi) is 30.2. The van der Waals surface area contributed by atoms with Gasteiger partial charge in [0.2, 0.25) is 0 Å². The van der Waals surface area contributed by atoms with Gasteiger partial charge in [0.05, 0.1) is 77.0 Å². The molecule has 0 unspecified atom stereocenters. The zero-order chi connectivity index (χ0) is 50.2. The molecule has 0 amide bonds. The van der Waals surface area contributed by atoms with Gasteiger partial charge in [-0.15, -0.1) is 0 Å². The second-order valence-corrected chi connectivity index (χ2v) is 16.7. The summed E-state index contributed by atoms with van der Waals surface area (Å²) < 4.78 is 46.3. The molecule has 9 N–H and O–H groups in total. The number of carbonyl (C=O) groups is 3. The monoisotopic (exact) mass is 1030 g/mol. The molecule has 6 aromatic carbocycles. The van der Waals surface area contributed by atoms with E-state index in [0.717, 1.165) is 45.3 Å². The Bertz CT molecular complexity index is 2660. The normalized spacial score (nSPS) is 9.82. The molecule has 0 fully saturated rings. The standard InChI is InChI=1S/C17H19NO4.C16H17NO4.C8H7ClO4S.C8H11NO2.CH4.Na.H2O/c1-21-16-8-13(11-19)7-15(9-16)18-10-12-4-3-5-14(6-12)17(20)22-2;1-21-15-7-12(10-18)6-14(8-15)17-9-11-3-2-4-13(5-11)16(19)20;1-13-8(10)6-3-2-4-7(5-6)14(9,11)12;1-11-8-3-6(5-10)2-7(9)4-8;;;/h3-9,18-19H,10-11H2,1-2H3;2-8,17-18H,9-10H2,1H3,(H,19,20);2-5H,1H3;2-4,10H,5,9H2,1H3;1H4;;1H2/q;;;;;+1;/p-1. The van der Waals surface area contributed by atoms with Crippen LogP contribution in [-0.2, 0) is 51.4 Å². The number of nitrogens with two attached hydrogens (primary N) is 1. The Morgan fingerprint density at radius 1 is 0.549 bits per heavy atom. The topological polar surface area (TPSA) is 292 Å². The Morgan fingerprint density at radius 3 is 1.32 bits per heavy atom. The molecule has 0 heterocycles. The van der Waals surface area contributed by atoms with Crippen LogP contribution in [0.15, 0.2) is 132 Å². The van der Waals surface area contributed by atoms with E-state index in [1.807, 2.05) is 42.5 Å². The molecule has 18 nitrogen and oxygen atoms in total. The van der Waals surface area contributed by atoms with Crippen LogP contribution in [0.1, 0.15) is 66.3 Å². The first-order valence-electron chi connectivity index (χ1n) is 20.2. The average Bonchev–Trinajstić information content (AvgIpc) is 3.36. The van der Waals surface area contributed by atoms with Gasteiger partial charge in [-0.25, -0.2) is 22.8 Å². The van der Waals surface area contributed by atoms with E-state index in [1.54, 1.807) is 82.0 Å². The average molecular weight is 1030 g/mol. The number of halogens is 1. The molecule has 71 heavy (non-hydrogen) atoms. The summed E-state index contributed by atoms with van der Waals surface area (Å²) in [6.45, 7) is 0.896. The number of esters is 2. The van der Waals surface area contributed by atoms with Gasteiger partial charge in [-0.3, -0.25) is 0 Å². The molecule has 0 atom stereocenters. The number of benzene rings is 6. The number of carboxylic acids is 1. The van der Waals surface area contributed by atoms with Crippen molar-refractivity contribution in [3.63, 3.8) is 0 Å². The number of ether oxygens (including phenoxy) is 5. The van der Waals surface area contributed by atoms with E-state index < -0.39 is 21.0 Å². The van der Waals surface area contributed by atoms with Gasteiger partial charge >= 0.3 is 47.5 Å². The van der Waals surface area contributed by atoms with Crippen LogP contribution in [0.25, 0.3) is 0 Å². The maximum Gasteiger partial charge on any atom is 1.00 e. The van der Waals surface area contributed by atoms with E-state index >= 15 is 0 Å². The minimum atomic E-state index is -3.80. The van der Waals surface area contributed by atoms with Crippen LogP contribution in [0.2, 0.25) is 0 Å². The summed E-state index contributed by atoms with van der Waals surface area (Å²) in [4.78, 5) is 33.4. The predicted octanol–water partition coefficient (Wildman–Crippen LogP) is 4.72. The van der Waals surface area contributed by atoms with Gasteiger partial charge < -0.3 is 66.0 Å². The van der Waals surface area contributed by atoms with Crippen LogP contribution < -0.4 is 60.1 Å². The fraction of sp³-hybridized carbons (Fsp3) is 0.220. The second-order valence-electron chi connectivity index (χ2n) is 14.1. The van der Waals surface area contributed by atoms with Crippen molar-refractivity contribution in [3.8, 4) is 17.2 Å². The van der Waals surface area contributed by atoms with E-state index in [0.29, 0.717) is 41.6 Å². The Hall–Kier alpha value is -6.39.